The van der Waals surface area contributed by atoms with Gasteiger partial charge in [0.1, 0.15) is 11.5 Å². The van der Waals surface area contributed by atoms with Gasteiger partial charge in [-0.1, -0.05) is 0 Å². The van der Waals surface area contributed by atoms with E-state index < -0.39 is 5.97 Å². The molecule has 0 fully saturated rings. The fourth-order valence-corrected chi connectivity index (χ4v) is 2.82. The van der Waals surface area contributed by atoms with Gasteiger partial charge in [0.25, 0.3) is 0 Å². The molecule has 1 N–H and O–H groups in total. The third-order valence-corrected chi connectivity index (χ3v) is 3.65. The van der Waals surface area contributed by atoms with Crippen LogP contribution in [-0.4, -0.2) is 25.3 Å². The highest BCUT2D eigenvalue weighted by molar-refractivity contribution is 5.66. The van der Waals surface area contributed by atoms with Crippen LogP contribution in [0, 0.1) is 0 Å². The van der Waals surface area contributed by atoms with Crippen LogP contribution >= 0.6 is 0 Å². The van der Waals surface area contributed by atoms with E-state index in [1.54, 1.807) is 14.2 Å². The first-order valence-corrected chi connectivity index (χ1v) is 6.64. The second-order valence-corrected chi connectivity index (χ2v) is 4.83. The molecule has 1 aromatic carbocycles. The summed E-state index contributed by atoms with van der Waals surface area (Å²) in [5.74, 6) is 1.09. The van der Waals surface area contributed by atoms with Crippen molar-refractivity contribution in [3.8, 4) is 11.5 Å². The predicted octanol–water partition coefficient (Wildman–Crippen LogP) is 2.60. The molecule has 0 bridgehead atoms. The van der Waals surface area contributed by atoms with Gasteiger partial charge in [-0.3, -0.25) is 4.79 Å². The van der Waals surface area contributed by atoms with Crippen molar-refractivity contribution in [3.63, 3.8) is 0 Å². The zero-order chi connectivity index (χ0) is 13.8. The standard InChI is InChI=1S/C15H20O4/c1-18-13-9-10(5-3-8-14(16)17)15(19-2)12-7-4-6-11(12)13/h9H,3-8H2,1-2H3,(H,16,17). The van der Waals surface area contributed by atoms with Crippen LogP contribution < -0.4 is 9.47 Å². The highest BCUT2D eigenvalue weighted by Gasteiger charge is 2.23. The summed E-state index contributed by atoms with van der Waals surface area (Å²) in [6.45, 7) is 0. The summed E-state index contributed by atoms with van der Waals surface area (Å²) in [6.07, 6.45) is 4.68. The van der Waals surface area contributed by atoms with Crippen molar-refractivity contribution in [1.82, 2.24) is 0 Å². The maximum Gasteiger partial charge on any atom is 0.303 e. The SMILES string of the molecule is COc1cc(CCCC(=O)O)c(OC)c2c1CCC2. The number of rotatable bonds is 6. The fourth-order valence-electron chi connectivity index (χ4n) is 2.82. The minimum Gasteiger partial charge on any atom is -0.496 e. The van der Waals surface area contributed by atoms with Crippen LogP contribution in [0.4, 0.5) is 0 Å². The Kier molecular flexibility index (Phi) is 4.30. The average Bonchev–Trinajstić information content (AvgIpc) is 2.86. The van der Waals surface area contributed by atoms with E-state index in [0.29, 0.717) is 12.8 Å². The van der Waals surface area contributed by atoms with Gasteiger partial charge in [0, 0.05) is 17.5 Å². The third-order valence-electron chi connectivity index (χ3n) is 3.65. The molecule has 0 spiro atoms. The maximum atomic E-state index is 10.6. The third kappa shape index (κ3) is 2.83. The largest absolute Gasteiger partial charge is 0.496 e. The Morgan fingerprint density at radius 2 is 2.00 bits per heavy atom. The van der Waals surface area contributed by atoms with Crippen molar-refractivity contribution in [2.45, 2.75) is 38.5 Å². The molecule has 1 aliphatic carbocycles. The molecule has 0 aromatic heterocycles. The Morgan fingerprint density at radius 1 is 1.26 bits per heavy atom. The number of carboxylic acid groups (broad SMARTS) is 1. The number of aliphatic carboxylic acids is 1. The van der Waals surface area contributed by atoms with Gasteiger partial charge in [0.15, 0.2) is 0 Å². The normalized spacial score (nSPS) is 13.2. The predicted molar refractivity (Wildman–Crippen MR) is 72.1 cm³/mol. The monoisotopic (exact) mass is 264 g/mol. The number of aryl methyl sites for hydroxylation is 1. The van der Waals surface area contributed by atoms with Crippen molar-refractivity contribution >= 4 is 5.97 Å². The molecule has 104 valence electrons. The van der Waals surface area contributed by atoms with Crippen molar-refractivity contribution in [2.75, 3.05) is 14.2 Å². The number of carboxylic acids is 1. The number of ether oxygens (including phenoxy) is 2. The first-order valence-electron chi connectivity index (χ1n) is 6.64. The summed E-state index contributed by atoms with van der Waals surface area (Å²) in [6, 6.07) is 2.00. The lowest BCUT2D eigenvalue weighted by atomic mass is 9.99. The summed E-state index contributed by atoms with van der Waals surface area (Å²) in [4.78, 5) is 10.6. The Bertz CT molecular complexity index is 480. The maximum absolute atomic E-state index is 10.6. The molecule has 4 heteroatoms. The Balaban J connectivity index is 2.29. The number of hydrogen-bond donors (Lipinski definition) is 1. The smallest absolute Gasteiger partial charge is 0.303 e. The molecule has 2 rings (SSSR count). The molecular formula is C15H20O4. The summed E-state index contributed by atoms with van der Waals surface area (Å²) in [7, 11) is 3.36. The number of carbonyl (C=O) groups is 1. The van der Waals surface area contributed by atoms with E-state index in [1.807, 2.05) is 6.07 Å². The highest BCUT2D eigenvalue weighted by Crippen LogP contribution is 2.40. The van der Waals surface area contributed by atoms with Crippen LogP contribution in [0.15, 0.2) is 6.07 Å². The van der Waals surface area contributed by atoms with Crippen LogP contribution in [0.25, 0.3) is 0 Å². The van der Waals surface area contributed by atoms with E-state index in [0.717, 1.165) is 36.3 Å². The van der Waals surface area contributed by atoms with Gasteiger partial charge in [0.2, 0.25) is 0 Å². The highest BCUT2D eigenvalue weighted by atomic mass is 16.5. The summed E-state index contributed by atoms with van der Waals surface area (Å²) >= 11 is 0. The fraction of sp³-hybridized carbons (Fsp3) is 0.533. The molecule has 0 saturated carbocycles. The van der Waals surface area contributed by atoms with Gasteiger partial charge in [-0.2, -0.15) is 0 Å². The summed E-state index contributed by atoms with van der Waals surface area (Å²) in [5.41, 5.74) is 3.55. The molecule has 0 amide bonds. The Labute approximate surface area is 113 Å². The molecule has 0 unspecified atom stereocenters. The zero-order valence-corrected chi connectivity index (χ0v) is 11.5. The van der Waals surface area contributed by atoms with E-state index in [1.165, 1.54) is 11.1 Å². The van der Waals surface area contributed by atoms with E-state index in [4.69, 9.17) is 14.6 Å². The lowest BCUT2D eigenvalue weighted by Crippen LogP contribution is -2.02. The van der Waals surface area contributed by atoms with Gasteiger partial charge in [-0.25, -0.2) is 0 Å². The lowest BCUT2D eigenvalue weighted by Gasteiger charge is -2.16. The van der Waals surface area contributed by atoms with Gasteiger partial charge < -0.3 is 14.6 Å². The molecule has 0 heterocycles. The first-order chi connectivity index (χ1) is 9.17. The summed E-state index contributed by atoms with van der Waals surface area (Å²) in [5, 5.41) is 8.72. The van der Waals surface area contributed by atoms with Crippen molar-refractivity contribution in [3.05, 3.63) is 22.8 Å². The second kappa shape index (κ2) is 5.95. The van der Waals surface area contributed by atoms with Crippen LogP contribution in [-0.2, 0) is 24.1 Å². The van der Waals surface area contributed by atoms with E-state index in [-0.39, 0.29) is 6.42 Å². The molecule has 0 aliphatic heterocycles. The van der Waals surface area contributed by atoms with E-state index >= 15 is 0 Å². The second-order valence-electron chi connectivity index (χ2n) is 4.83. The van der Waals surface area contributed by atoms with E-state index in [9.17, 15) is 4.79 Å². The van der Waals surface area contributed by atoms with Crippen molar-refractivity contribution in [2.24, 2.45) is 0 Å². The van der Waals surface area contributed by atoms with Crippen LogP contribution in [0.2, 0.25) is 0 Å². The number of hydrogen-bond acceptors (Lipinski definition) is 3. The minimum atomic E-state index is -0.757. The van der Waals surface area contributed by atoms with Gasteiger partial charge in [-0.05, 0) is 43.7 Å². The van der Waals surface area contributed by atoms with Crippen LogP contribution in [0.5, 0.6) is 11.5 Å². The first kappa shape index (κ1) is 13.7. The van der Waals surface area contributed by atoms with Crippen molar-refractivity contribution in [1.29, 1.82) is 0 Å². The van der Waals surface area contributed by atoms with Crippen LogP contribution in [0.1, 0.15) is 36.0 Å². The van der Waals surface area contributed by atoms with Gasteiger partial charge >= 0.3 is 5.97 Å². The Morgan fingerprint density at radius 3 is 2.63 bits per heavy atom. The molecule has 1 aliphatic rings. The number of benzene rings is 1. The molecule has 1 aromatic rings. The lowest BCUT2D eigenvalue weighted by molar-refractivity contribution is -0.137. The van der Waals surface area contributed by atoms with Crippen LogP contribution in [0.3, 0.4) is 0 Å². The molecule has 19 heavy (non-hydrogen) atoms. The number of methoxy groups -OCH3 is 2. The quantitative estimate of drug-likeness (QED) is 0.858. The minimum absolute atomic E-state index is 0.183. The molecule has 4 nitrogen and oxygen atoms in total. The molecular weight excluding hydrogens is 244 g/mol. The number of fused-ring (bicyclic) bond motifs is 1. The van der Waals surface area contributed by atoms with Gasteiger partial charge in [-0.15, -0.1) is 0 Å². The molecule has 0 atom stereocenters. The Hall–Kier alpha value is -1.71. The van der Waals surface area contributed by atoms with Gasteiger partial charge in [0.05, 0.1) is 14.2 Å². The molecule has 0 radical (unpaired) electrons. The molecule has 0 saturated heterocycles. The zero-order valence-electron chi connectivity index (χ0n) is 11.5. The summed E-state index contributed by atoms with van der Waals surface area (Å²) < 4.78 is 11.0. The van der Waals surface area contributed by atoms with Crippen molar-refractivity contribution < 1.29 is 19.4 Å². The topological polar surface area (TPSA) is 55.8 Å². The van der Waals surface area contributed by atoms with E-state index in [2.05, 4.69) is 0 Å². The average molecular weight is 264 g/mol.